The van der Waals surface area contributed by atoms with E-state index in [2.05, 4.69) is 19.2 Å². The first-order valence-corrected chi connectivity index (χ1v) is 8.43. The first-order chi connectivity index (χ1) is 9.45. The number of thioether (sulfide) groups is 1. The van der Waals surface area contributed by atoms with Gasteiger partial charge in [-0.3, -0.25) is 4.90 Å². The van der Waals surface area contributed by atoms with E-state index in [1.807, 2.05) is 6.92 Å². The van der Waals surface area contributed by atoms with Gasteiger partial charge in [-0.2, -0.15) is 0 Å². The molecule has 1 heterocycles. The maximum Gasteiger partial charge on any atom is 0.327 e. The van der Waals surface area contributed by atoms with E-state index in [4.69, 9.17) is 0 Å². The van der Waals surface area contributed by atoms with Crippen molar-refractivity contribution < 1.29 is 14.7 Å². The van der Waals surface area contributed by atoms with Crippen molar-refractivity contribution in [1.29, 1.82) is 0 Å². The van der Waals surface area contributed by atoms with Crippen LogP contribution in [0.25, 0.3) is 0 Å². The summed E-state index contributed by atoms with van der Waals surface area (Å²) in [6.45, 7) is 6.18. The zero-order valence-electron chi connectivity index (χ0n) is 12.3. The van der Waals surface area contributed by atoms with E-state index in [9.17, 15) is 14.7 Å². The largest absolute Gasteiger partial charge is 0.480 e. The molecule has 1 aliphatic carbocycles. The quantitative estimate of drug-likeness (QED) is 0.818. The molecule has 1 aliphatic heterocycles. The van der Waals surface area contributed by atoms with E-state index in [0.29, 0.717) is 17.6 Å². The minimum Gasteiger partial charge on any atom is -0.480 e. The lowest BCUT2D eigenvalue weighted by atomic mass is 10.0. The summed E-state index contributed by atoms with van der Waals surface area (Å²) in [5, 5.41) is 12.4. The Morgan fingerprint density at radius 3 is 2.50 bits per heavy atom. The molecular weight excluding hydrogens is 276 g/mol. The highest BCUT2D eigenvalue weighted by atomic mass is 32.2. The van der Waals surface area contributed by atoms with Gasteiger partial charge in [0, 0.05) is 11.8 Å². The number of hydrogen-bond donors (Lipinski definition) is 2. The van der Waals surface area contributed by atoms with Crippen molar-refractivity contribution in [1.82, 2.24) is 10.2 Å². The number of carbonyl (C=O) groups is 2. The van der Waals surface area contributed by atoms with Crippen molar-refractivity contribution in [2.75, 3.05) is 5.75 Å². The number of aliphatic carboxylic acids is 1. The molecule has 5 nitrogen and oxygen atoms in total. The fraction of sp³-hybridized carbons (Fsp3) is 0.857. The molecule has 114 valence electrons. The van der Waals surface area contributed by atoms with Gasteiger partial charge in [0.05, 0.1) is 5.37 Å². The van der Waals surface area contributed by atoms with Crippen molar-refractivity contribution in [2.24, 2.45) is 11.8 Å². The van der Waals surface area contributed by atoms with Crippen LogP contribution in [0, 0.1) is 11.8 Å². The Kier molecular flexibility index (Phi) is 4.83. The van der Waals surface area contributed by atoms with Crippen LogP contribution < -0.4 is 5.32 Å². The second-order valence-corrected chi connectivity index (χ2v) is 7.18. The van der Waals surface area contributed by atoms with Crippen LogP contribution in [0.3, 0.4) is 0 Å². The van der Waals surface area contributed by atoms with E-state index >= 15 is 0 Å². The molecule has 1 saturated carbocycles. The van der Waals surface area contributed by atoms with Crippen molar-refractivity contribution in [3.8, 4) is 0 Å². The van der Waals surface area contributed by atoms with Gasteiger partial charge in [0.1, 0.15) is 6.04 Å². The average molecular weight is 300 g/mol. The zero-order valence-corrected chi connectivity index (χ0v) is 13.2. The molecule has 0 bridgehead atoms. The predicted octanol–water partition coefficient (Wildman–Crippen LogP) is 2.37. The van der Waals surface area contributed by atoms with Crippen LogP contribution in [0.15, 0.2) is 0 Å². The lowest BCUT2D eigenvalue weighted by Crippen LogP contribution is -2.53. The predicted molar refractivity (Wildman–Crippen MR) is 79.7 cm³/mol. The Hall–Kier alpha value is -0.910. The fourth-order valence-corrected chi connectivity index (χ4v) is 4.32. The molecule has 3 atom stereocenters. The van der Waals surface area contributed by atoms with Crippen molar-refractivity contribution in [2.45, 2.75) is 57.5 Å². The molecular formula is C14H24N2O3S. The molecule has 0 aromatic rings. The summed E-state index contributed by atoms with van der Waals surface area (Å²) < 4.78 is 0. The van der Waals surface area contributed by atoms with Crippen LogP contribution in [-0.2, 0) is 4.79 Å². The zero-order chi connectivity index (χ0) is 14.9. The van der Waals surface area contributed by atoms with Crippen LogP contribution in [0.5, 0.6) is 0 Å². The normalized spacial score (nSPS) is 27.7. The molecule has 2 N–H and O–H groups in total. The van der Waals surface area contributed by atoms with E-state index in [1.165, 1.54) is 0 Å². The van der Waals surface area contributed by atoms with Gasteiger partial charge in [-0.25, -0.2) is 9.59 Å². The lowest BCUT2D eigenvalue weighted by molar-refractivity contribution is -0.141. The van der Waals surface area contributed by atoms with E-state index in [0.717, 1.165) is 19.3 Å². The number of carbonyl (C=O) groups excluding carboxylic acids is 1. The maximum atomic E-state index is 12.5. The van der Waals surface area contributed by atoms with Gasteiger partial charge in [-0.15, -0.1) is 11.8 Å². The summed E-state index contributed by atoms with van der Waals surface area (Å²) in [6.07, 6.45) is 3.07. The fourth-order valence-electron chi connectivity index (χ4n) is 2.69. The number of rotatable bonds is 5. The molecule has 0 aromatic heterocycles. The van der Waals surface area contributed by atoms with Crippen LogP contribution in [-0.4, -0.2) is 45.2 Å². The lowest BCUT2D eigenvalue weighted by Gasteiger charge is -2.30. The van der Waals surface area contributed by atoms with Crippen molar-refractivity contribution in [3.63, 3.8) is 0 Å². The number of nitrogens with zero attached hydrogens (tertiary/aromatic N) is 1. The Bertz CT molecular complexity index is 385. The molecule has 0 radical (unpaired) electrons. The topological polar surface area (TPSA) is 69.6 Å². The van der Waals surface area contributed by atoms with Gasteiger partial charge in [-0.05, 0) is 31.1 Å². The van der Waals surface area contributed by atoms with E-state index in [1.54, 1.807) is 16.7 Å². The van der Waals surface area contributed by atoms with Crippen molar-refractivity contribution >= 4 is 23.8 Å². The number of hydrogen-bond acceptors (Lipinski definition) is 3. The number of carboxylic acids is 1. The van der Waals surface area contributed by atoms with Crippen molar-refractivity contribution in [3.05, 3.63) is 0 Å². The Labute approximate surface area is 124 Å². The van der Waals surface area contributed by atoms with Crippen LogP contribution >= 0.6 is 11.8 Å². The first kappa shape index (κ1) is 15.5. The molecule has 2 fully saturated rings. The summed E-state index contributed by atoms with van der Waals surface area (Å²) >= 11 is 1.61. The van der Waals surface area contributed by atoms with Gasteiger partial charge in [0.25, 0.3) is 0 Å². The number of urea groups is 1. The molecule has 0 spiro atoms. The number of nitrogens with one attached hydrogen (secondary N) is 1. The molecule has 2 rings (SSSR count). The Morgan fingerprint density at radius 1 is 1.40 bits per heavy atom. The molecule has 0 aromatic carbocycles. The third kappa shape index (κ3) is 3.22. The Balaban J connectivity index is 2.08. The second kappa shape index (κ2) is 6.24. The van der Waals surface area contributed by atoms with Crippen LogP contribution in [0.4, 0.5) is 4.79 Å². The molecule has 20 heavy (non-hydrogen) atoms. The highest BCUT2D eigenvalue weighted by Gasteiger charge is 2.48. The summed E-state index contributed by atoms with van der Waals surface area (Å²) in [7, 11) is 0. The smallest absolute Gasteiger partial charge is 0.327 e. The first-order valence-electron chi connectivity index (χ1n) is 7.39. The van der Waals surface area contributed by atoms with Gasteiger partial charge in [0.15, 0.2) is 0 Å². The molecule has 6 heteroatoms. The highest BCUT2D eigenvalue weighted by molar-refractivity contribution is 8.00. The maximum absolute atomic E-state index is 12.5. The SMILES string of the molecule is CCC(NC(=O)N1C(C(=O)O)CSC1C1CC1)C(C)C. The molecule has 3 unspecified atom stereocenters. The van der Waals surface area contributed by atoms with Crippen LogP contribution in [0.2, 0.25) is 0 Å². The van der Waals surface area contributed by atoms with Gasteiger partial charge in [0.2, 0.25) is 0 Å². The third-order valence-electron chi connectivity index (χ3n) is 4.13. The van der Waals surface area contributed by atoms with E-state index < -0.39 is 12.0 Å². The number of carboxylic acid groups (broad SMARTS) is 1. The second-order valence-electron chi connectivity index (χ2n) is 6.03. The molecule has 2 amide bonds. The summed E-state index contributed by atoms with van der Waals surface area (Å²) in [5.74, 6) is 0.437. The Morgan fingerprint density at radius 2 is 2.05 bits per heavy atom. The minimum absolute atomic E-state index is 0.0424. The monoisotopic (exact) mass is 300 g/mol. The molecule has 1 saturated heterocycles. The molecule has 2 aliphatic rings. The summed E-state index contributed by atoms with van der Waals surface area (Å²) in [4.78, 5) is 25.5. The van der Waals surface area contributed by atoms with Crippen LogP contribution in [0.1, 0.15) is 40.0 Å². The summed E-state index contributed by atoms with van der Waals surface area (Å²) in [5.41, 5.74) is 0. The van der Waals surface area contributed by atoms with Gasteiger partial charge >= 0.3 is 12.0 Å². The third-order valence-corrected chi connectivity index (χ3v) is 5.59. The highest BCUT2D eigenvalue weighted by Crippen LogP contribution is 2.45. The number of amides is 2. The summed E-state index contributed by atoms with van der Waals surface area (Å²) in [6, 6.07) is -0.794. The van der Waals surface area contributed by atoms with Gasteiger partial charge < -0.3 is 10.4 Å². The standard InChI is InChI=1S/C14H24N2O3S/c1-4-10(8(2)3)15-14(19)16-11(13(17)18)7-20-12(16)9-5-6-9/h8-12H,4-7H2,1-3H3,(H,15,19)(H,17,18). The minimum atomic E-state index is -0.895. The average Bonchev–Trinajstić information content (AvgIpc) is 3.13. The van der Waals surface area contributed by atoms with E-state index in [-0.39, 0.29) is 17.4 Å². The van der Waals surface area contributed by atoms with Gasteiger partial charge in [-0.1, -0.05) is 20.8 Å².